The summed E-state index contributed by atoms with van der Waals surface area (Å²) in [6, 6.07) is 6.55. The van der Waals surface area contributed by atoms with Crippen molar-refractivity contribution in [1.29, 1.82) is 0 Å². The average Bonchev–Trinajstić information content (AvgIpc) is 2.37. The number of benzene rings is 1. The molecule has 0 aromatic heterocycles. The van der Waals surface area contributed by atoms with E-state index in [1.165, 1.54) is 30.4 Å². The Morgan fingerprint density at radius 3 is 2.80 bits per heavy atom. The van der Waals surface area contributed by atoms with Gasteiger partial charge in [-0.15, -0.1) is 0 Å². The van der Waals surface area contributed by atoms with E-state index in [2.05, 4.69) is 44.3 Å². The van der Waals surface area contributed by atoms with Crippen molar-refractivity contribution in [2.75, 3.05) is 6.54 Å². The van der Waals surface area contributed by atoms with Gasteiger partial charge < -0.3 is 10.1 Å². The Kier molecular flexibility index (Phi) is 3.53. The molecule has 0 radical (unpaired) electrons. The van der Waals surface area contributed by atoms with Crippen molar-refractivity contribution in [3.8, 4) is 5.75 Å². The van der Waals surface area contributed by atoms with E-state index >= 15 is 0 Å². The molecular formula is C18H27NO. The number of hydrogen-bond acceptors (Lipinski definition) is 2. The standard InChI is InChI=1S/C18H27NO/c1-17(2)9-5-10-18(3,13-17)20-16-7-4-6-14-8-11-19-12-15(14)16/h4,6-7,19H,5,8-13H2,1-3H3. The number of hydrogen-bond donors (Lipinski definition) is 1. The predicted octanol–water partition coefficient (Wildman–Crippen LogP) is 4.07. The van der Waals surface area contributed by atoms with Gasteiger partial charge in [0.05, 0.1) is 0 Å². The molecule has 0 amide bonds. The monoisotopic (exact) mass is 273 g/mol. The van der Waals surface area contributed by atoms with Gasteiger partial charge in [0.1, 0.15) is 11.4 Å². The van der Waals surface area contributed by atoms with Gasteiger partial charge in [-0.25, -0.2) is 0 Å². The molecule has 1 unspecified atom stereocenters. The smallest absolute Gasteiger partial charge is 0.124 e. The van der Waals surface area contributed by atoms with E-state index in [4.69, 9.17) is 4.74 Å². The first-order valence-corrected chi connectivity index (χ1v) is 7.98. The summed E-state index contributed by atoms with van der Waals surface area (Å²) in [5.41, 5.74) is 3.23. The highest BCUT2D eigenvalue weighted by Gasteiger charge is 2.38. The van der Waals surface area contributed by atoms with Crippen LogP contribution >= 0.6 is 0 Å². The molecule has 3 rings (SSSR count). The summed E-state index contributed by atoms with van der Waals surface area (Å²) in [6.45, 7) is 9.07. The maximum atomic E-state index is 6.54. The lowest BCUT2D eigenvalue weighted by atomic mass is 9.70. The molecule has 1 fully saturated rings. The van der Waals surface area contributed by atoms with Crippen LogP contribution in [0.1, 0.15) is 57.6 Å². The van der Waals surface area contributed by atoms with Gasteiger partial charge in [-0.05, 0) is 62.6 Å². The van der Waals surface area contributed by atoms with Crippen LogP contribution < -0.4 is 10.1 Å². The highest BCUT2D eigenvalue weighted by Crippen LogP contribution is 2.43. The van der Waals surface area contributed by atoms with E-state index < -0.39 is 0 Å². The lowest BCUT2D eigenvalue weighted by Crippen LogP contribution is -2.41. The third kappa shape index (κ3) is 2.85. The van der Waals surface area contributed by atoms with Gasteiger partial charge in [0.15, 0.2) is 0 Å². The molecule has 1 atom stereocenters. The fourth-order valence-corrected chi connectivity index (χ4v) is 4.06. The van der Waals surface area contributed by atoms with Crippen molar-refractivity contribution in [2.45, 2.75) is 65.0 Å². The molecule has 1 N–H and O–H groups in total. The summed E-state index contributed by atoms with van der Waals surface area (Å²) in [4.78, 5) is 0. The topological polar surface area (TPSA) is 21.3 Å². The van der Waals surface area contributed by atoms with E-state index in [9.17, 15) is 0 Å². The number of fused-ring (bicyclic) bond motifs is 1. The lowest BCUT2D eigenvalue weighted by molar-refractivity contribution is -0.00222. The number of ether oxygens (including phenoxy) is 1. The number of rotatable bonds is 2. The molecule has 0 spiro atoms. The van der Waals surface area contributed by atoms with Crippen LogP contribution in [0.5, 0.6) is 5.75 Å². The molecule has 2 aliphatic rings. The van der Waals surface area contributed by atoms with E-state index in [1.807, 2.05) is 0 Å². The van der Waals surface area contributed by atoms with Crippen LogP contribution in [0.3, 0.4) is 0 Å². The van der Waals surface area contributed by atoms with E-state index in [1.54, 1.807) is 0 Å². The Morgan fingerprint density at radius 1 is 1.15 bits per heavy atom. The molecule has 0 saturated heterocycles. The second kappa shape index (κ2) is 5.07. The fourth-order valence-electron chi connectivity index (χ4n) is 4.06. The maximum Gasteiger partial charge on any atom is 0.124 e. The van der Waals surface area contributed by atoms with Crippen molar-refractivity contribution >= 4 is 0 Å². The van der Waals surface area contributed by atoms with Gasteiger partial charge in [0, 0.05) is 12.1 Å². The third-order valence-corrected chi connectivity index (χ3v) is 4.87. The van der Waals surface area contributed by atoms with Crippen molar-refractivity contribution in [3.05, 3.63) is 29.3 Å². The summed E-state index contributed by atoms with van der Waals surface area (Å²) >= 11 is 0. The molecule has 1 aromatic rings. The minimum atomic E-state index is -0.00563. The van der Waals surface area contributed by atoms with Crippen LogP contribution in [0.2, 0.25) is 0 Å². The van der Waals surface area contributed by atoms with Gasteiger partial charge in [-0.2, -0.15) is 0 Å². The molecule has 0 bridgehead atoms. The normalized spacial score (nSPS) is 28.8. The molecule has 2 heteroatoms. The molecule has 1 saturated carbocycles. The van der Waals surface area contributed by atoms with Gasteiger partial charge in [-0.1, -0.05) is 26.0 Å². The van der Waals surface area contributed by atoms with Crippen molar-refractivity contribution in [3.63, 3.8) is 0 Å². The van der Waals surface area contributed by atoms with Crippen molar-refractivity contribution < 1.29 is 4.74 Å². The summed E-state index contributed by atoms with van der Waals surface area (Å²) in [5, 5.41) is 3.47. The second-order valence-corrected chi connectivity index (χ2v) is 7.57. The highest BCUT2D eigenvalue weighted by molar-refractivity contribution is 5.42. The zero-order valence-corrected chi connectivity index (χ0v) is 13.1. The predicted molar refractivity (Wildman–Crippen MR) is 83.1 cm³/mol. The number of nitrogens with one attached hydrogen (secondary N) is 1. The first kappa shape index (κ1) is 13.9. The summed E-state index contributed by atoms with van der Waals surface area (Å²) in [6.07, 6.45) is 6.04. The Labute approximate surface area is 122 Å². The van der Waals surface area contributed by atoms with Gasteiger partial charge in [-0.3, -0.25) is 0 Å². The summed E-state index contributed by atoms with van der Waals surface area (Å²) in [5.74, 6) is 1.11. The molecule has 1 heterocycles. The van der Waals surface area contributed by atoms with Crippen LogP contribution in [0.25, 0.3) is 0 Å². The Hall–Kier alpha value is -1.02. The van der Waals surface area contributed by atoms with Gasteiger partial charge in [0.25, 0.3) is 0 Å². The highest BCUT2D eigenvalue weighted by atomic mass is 16.5. The minimum Gasteiger partial charge on any atom is -0.487 e. The summed E-state index contributed by atoms with van der Waals surface area (Å²) < 4.78 is 6.54. The first-order valence-electron chi connectivity index (χ1n) is 7.98. The molecule has 2 nitrogen and oxygen atoms in total. The molecular weight excluding hydrogens is 246 g/mol. The Bertz CT molecular complexity index is 494. The summed E-state index contributed by atoms with van der Waals surface area (Å²) in [7, 11) is 0. The van der Waals surface area contributed by atoms with Crippen LogP contribution in [0.4, 0.5) is 0 Å². The average molecular weight is 273 g/mol. The van der Waals surface area contributed by atoms with Crippen LogP contribution in [-0.2, 0) is 13.0 Å². The van der Waals surface area contributed by atoms with E-state index in [0.29, 0.717) is 5.41 Å². The molecule has 110 valence electrons. The zero-order valence-electron chi connectivity index (χ0n) is 13.1. The lowest BCUT2D eigenvalue weighted by Gasteiger charge is -2.43. The van der Waals surface area contributed by atoms with Gasteiger partial charge >= 0.3 is 0 Å². The largest absolute Gasteiger partial charge is 0.487 e. The molecule has 1 aromatic carbocycles. The van der Waals surface area contributed by atoms with Gasteiger partial charge in [0.2, 0.25) is 0 Å². The quantitative estimate of drug-likeness (QED) is 0.877. The molecule has 20 heavy (non-hydrogen) atoms. The van der Waals surface area contributed by atoms with E-state index in [-0.39, 0.29) is 5.60 Å². The minimum absolute atomic E-state index is 0.00563. The molecule has 1 aliphatic carbocycles. The fraction of sp³-hybridized carbons (Fsp3) is 0.667. The van der Waals surface area contributed by atoms with Crippen LogP contribution in [0, 0.1) is 5.41 Å². The van der Waals surface area contributed by atoms with Crippen LogP contribution in [-0.4, -0.2) is 12.1 Å². The Balaban J connectivity index is 1.84. The first-order chi connectivity index (χ1) is 9.48. The maximum absolute atomic E-state index is 6.54. The van der Waals surface area contributed by atoms with Crippen molar-refractivity contribution in [2.24, 2.45) is 5.41 Å². The third-order valence-electron chi connectivity index (χ3n) is 4.87. The zero-order chi connectivity index (χ0) is 14.2. The Morgan fingerprint density at radius 2 is 2.00 bits per heavy atom. The van der Waals surface area contributed by atoms with E-state index in [0.717, 1.165) is 31.7 Å². The van der Waals surface area contributed by atoms with Crippen molar-refractivity contribution in [1.82, 2.24) is 5.32 Å². The van der Waals surface area contributed by atoms with Crippen LogP contribution in [0.15, 0.2) is 18.2 Å². The SMILES string of the molecule is CC1(C)CCCC(C)(Oc2cccc3c2CNCC3)C1. The second-order valence-electron chi connectivity index (χ2n) is 7.57. The molecule has 1 aliphatic heterocycles.